The summed E-state index contributed by atoms with van der Waals surface area (Å²) in [6.07, 6.45) is -0.593. The lowest BCUT2D eigenvalue weighted by Crippen LogP contribution is -2.46. The van der Waals surface area contributed by atoms with Gasteiger partial charge in [0.05, 0.1) is 11.5 Å². The van der Waals surface area contributed by atoms with E-state index in [-0.39, 0.29) is 37.0 Å². The molecule has 1 fully saturated rings. The number of hydrogen-bond acceptors (Lipinski definition) is 7. The number of benzene rings is 2. The Morgan fingerprint density at radius 1 is 1.25 bits per heavy atom. The van der Waals surface area contributed by atoms with Gasteiger partial charge in [0.2, 0.25) is 15.9 Å². The molecule has 9 nitrogen and oxygen atoms in total. The van der Waals surface area contributed by atoms with Crippen LogP contribution in [0.4, 0.5) is 4.39 Å². The number of nitrogens with two attached hydrogens (primary N) is 1. The molecular formula is C25H34FN3O6S. The van der Waals surface area contributed by atoms with E-state index in [0.29, 0.717) is 31.0 Å². The third kappa shape index (κ3) is 7.97. The number of morpholine rings is 1. The van der Waals surface area contributed by atoms with E-state index in [1.807, 2.05) is 39.0 Å². The summed E-state index contributed by atoms with van der Waals surface area (Å²) in [7, 11) is -3.98. The van der Waals surface area contributed by atoms with Gasteiger partial charge in [0, 0.05) is 30.7 Å². The molecule has 1 atom stereocenters. The third-order valence-corrected chi connectivity index (χ3v) is 6.81. The maximum absolute atomic E-state index is 14.4. The summed E-state index contributed by atoms with van der Waals surface area (Å²) < 4.78 is 48.4. The molecule has 0 bridgehead atoms. The van der Waals surface area contributed by atoms with Crippen molar-refractivity contribution < 1.29 is 32.2 Å². The number of carbonyl (C=O) groups excluding carboxylic acids is 1. The summed E-state index contributed by atoms with van der Waals surface area (Å²) in [5.74, 6) is -0.134. The van der Waals surface area contributed by atoms with Crippen LogP contribution in [-0.2, 0) is 32.5 Å². The molecule has 4 N–H and O–H groups in total. The molecule has 2 aromatic carbocycles. The fourth-order valence-corrected chi connectivity index (χ4v) is 4.40. The zero-order valence-corrected chi connectivity index (χ0v) is 21.6. The van der Waals surface area contributed by atoms with Crippen LogP contribution < -0.4 is 15.2 Å². The molecule has 36 heavy (non-hydrogen) atoms. The molecule has 1 aliphatic rings. The maximum atomic E-state index is 14.4. The Bertz CT molecular complexity index is 1190. The first-order valence-electron chi connectivity index (χ1n) is 11.7. The second-order valence-corrected chi connectivity index (χ2v) is 11.2. The Balaban J connectivity index is 1.55. The summed E-state index contributed by atoms with van der Waals surface area (Å²) in [5, 5.41) is 18.8. The first-order chi connectivity index (χ1) is 16.8. The van der Waals surface area contributed by atoms with Crippen LogP contribution in [0, 0.1) is 12.7 Å². The third-order valence-electron chi connectivity index (χ3n) is 5.90. The second kappa shape index (κ2) is 11.7. The number of aliphatic hydroxyl groups is 1. The van der Waals surface area contributed by atoms with E-state index < -0.39 is 27.5 Å². The number of hydrogen-bond donors (Lipinski definition) is 3. The van der Waals surface area contributed by atoms with Gasteiger partial charge in [0.25, 0.3) is 0 Å². The smallest absolute Gasteiger partial charge is 0.248 e. The first kappa shape index (κ1) is 28.0. The van der Waals surface area contributed by atoms with E-state index in [0.717, 1.165) is 17.2 Å². The van der Waals surface area contributed by atoms with Crippen LogP contribution >= 0.6 is 0 Å². The predicted molar refractivity (Wildman–Crippen MR) is 132 cm³/mol. The van der Waals surface area contributed by atoms with Gasteiger partial charge in [0.15, 0.2) is 0 Å². The van der Waals surface area contributed by atoms with E-state index >= 15 is 0 Å². The highest BCUT2D eigenvalue weighted by molar-refractivity contribution is 7.89. The molecule has 0 aliphatic carbocycles. The van der Waals surface area contributed by atoms with Crippen molar-refractivity contribution in [1.82, 2.24) is 10.2 Å². The molecule has 3 rings (SSSR count). The van der Waals surface area contributed by atoms with Crippen molar-refractivity contribution >= 4 is 15.9 Å². The van der Waals surface area contributed by atoms with Crippen LogP contribution in [0.5, 0.6) is 5.75 Å². The Labute approximate surface area is 211 Å². The number of aliphatic hydroxyl groups excluding tert-OH is 1. The van der Waals surface area contributed by atoms with Crippen LogP contribution in [0.25, 0.3) is 0 Å². The molecule has 1 heterocycles. The summed E-state index contributed by atoms with van der Waals surface area (Å²) in [6, 6.07) is 9.32. The number of carbonyl (C=O) groups is 1. The van der Waals surface area contributed by atoms with Crippen LogP contribution in [-0.4, -0.2) is 68.9 Å². The van der Waals surface area contributed by atoms with Gasteiger partial charge in [0.1, 0.15) is 30.9 Å². The molecule has 0 spiro atoms. The second-order valence-electron chi connectivity index (χ2n) is 9.68. The number of β-amino-alcohol motifs (C(OH)–C–C–N with tert-alkyl or cyclic N) is 1. The fourth-order valence-electron chi connectivity index (χ4n) is 3.88. The molecule has 11 heteroatoms. The number of primary sulfonamides is 1. The molecule has 0 unspecified atom stereocenters. The Hall–Kier alpha value is -2.57. The van der Waals surface area contributed by atoms with Crippen molar-refractivity contribution in [2.45, 2.75) is 50.3 Å². The van der Waals surface area contributed by atoms with Gasteiger partial charge in [-0.05, 0) is 56.5 Å². The number of sulfonamides is 1. The van der Waals surface area contributed by atoms with E-state index in [4.69, 9.17) is 14.6 Å². The van der Waals surface area contributed by atoms with Crippen molar-refractivity contribution in [2.75, 3.05) is 32.9 Å². The summed E-state index contributed by atoms with van der Waals surface area (Å²) in [6.45, 7) is 7.33. The Morgan fingerprint density at radius 2 is 1.97 bits per heavy atom. The monoisotopic (exact) mass is 523 g/mol. The molecule has 0 radical (unpaired) electrons. The topological polar surface area (TPSA) is 131 Å². The molecular weight excluding hydrogens is 489 g/mol. The van der Waals surface area contributed by atoms with Gasteiger partial charge in [-0.1, -0.05) is 18.2 Å². The minimum absolute atomic E-state index is 0.0218. The number of halogens is 1. The van der Waals surface area contributed by atoms with E-state index in [1.165, 1.54) is 12.1 Å². The lowest BCUT2D eigenvalue weighted by molar-refractivity contribution is -0.143. The van der Waals surface area contributed by atoms with Crippen molar-refractivity contribution in [3.05, 3.63) is 58.9 Å². The van der Waals surface area contributed by atoms with Gasteiger partial charge in [-0.3, -0.25) is 4.79 Å². The van der Waals surface area contributed by atoms with E-state index in [9.17, 15) is 22.7 Å². The number of aryl methyl sites for hydroxylation is 1. The summed E-state index contributed by atoms with van der Waals surface area (Å²) >= 11 is 0. The molecule has 1 aliphatic heterocycles. The van der Waals surface area contributed by atoms with Crippen LogP contribution in [0.15, 0.2) is 41.3 Å². The normalized spacial score (nSPS) is 15.7. The van der Waals surface area contributed by atoms with E-state index in [2.05, 4.69) is 5.32 Å². The van der Waals surface area contributed by atoms with Crippen molar-refractivity contribution in [3.63, 3.8) is 0 Å². The molecule has 1 saturated heterocycles. The van der Waals surface area contributed by atoms with Crippen molar-refractivity contribution in [3.8, 4) is 5.75 Å². The quantitative estimate of drug-likeness (QED) is 0.407. The lowest BCUT2D eigenvalue weighted by Gasteiger charge is -2.29. The number of nitrogens with zero attached hydrogens (tertiary/aromatic N) is 1. The molecule has 2 aromatic rings. The fraction of sp³-hybridized carbons (Fsp3) is 0.480. The highest BCUT2D eigenvalue weighted by Gasteiger charge is 2.23. The summed E-state index contributed by atoms with van der Waals surface area (Å²) in [4.78, 5) is 13.5. The van der Waals surface area contributed by atoms with Gasteiger partial charge in [-0.2, -0.15) is 0 Å². The Kier molecular flexibility index (Phi) is 9.07. The zero-order chi connectivity index (χ0) is 26.5. The largest absolute Gasteiger partial charge is 0.490 e. The van der Waals surface area contributed by atoms with Crippen molar-refractivity contribution in [2.24, 2.45) is 5.14 Å². The average molecular weight is 524 g/mol. The summed E-state index contributed by atoms with van der Waals surface area (Å²) in [5.41, 5.74) is 1.56. The van der Waals surface area contributed by atoms with Gasteiger partial charge < -0.3 is 24.8 Å². The highest BCUT2D eigenvalue weighted by Crippen LogP contribution is 2.23. The number of ether oxygens (including phenoxy) is 2. The number of amides is 1. The molecule has 198 valence electrons. The Morgan fingerprint density at radius 3 is 2.64 bits per heavy atom. The standard InChI is InChI=1S/C25H34FN3O6S/c1-17-4-5-19(14-29-8-9-34-16-24(29)31)23(10-17)35-15-20(30)13-28-25(2,3)12-18-6-7-21(11-22(18)26)36(27,32)33/h4-7,10-11,20,28,30H,8-9,12-16H2,1-3H3,(H2,27,32,33)/t20-/m0/s1. The minimum Gasteiger partial charge on any atom is -0.490 e. The highest BCUT2D eigenvalue weighted by atomic mass is 32.2. The van der Waals surface area contributed by atoms with Gasteiger partial charge in [-0.25, -0.2) is 17.9 Å². The zero-order valence-electron chi connectivity index (χ0n) is 20.8. The number of rotatable bonds is 11. The first-order valence-corrected chi connectivity index (χ1v) is 13.2. The maximum Gasteiger partial charge on any atom is 0.248 e. The predicted octanol–water partition coefficient (Wildman–Crippen LogP) is 1.49. The van der Waals surface area contributed by atoms with Crippen LogP contribution in [0.3, 0.4) is 0 Å². The van der Waals surface area contributed by atoms with Crippen LogP contribution in [0.2, 0.25) is 0 Å². The SMILES string of the molecule is Cc1ccc(CN2CCOCC2=O)c(OC[C@@H](O)CNC(C)(C)Cc2ccc(S(N)(=O)=O)cc2F)c1. The van der Waals surface area contributed by atoms with Gasteiger partial charge in [-0.15, -0.1) is 0 Å². The lowest BCUT2D eigenvalue weighted by atomic mass is 9.94. The van der Waals surface area contributed by atoms with E-state index in [1.54, 1.807) is 4.90 Å². The molecule has 0 aromatic heterocycles. The molecule has 1 amide bonds. The average Bonchev–Trinajstić information content (AvgIpc) is 2.80. The van der Waals surface area contributed by atoms with Crippen molar-refractivity contribution in [1.29, 1.82) is 0 Å². The van der Waals surface area contributed by atoms with Crippen LogP contribution in [0.1, 0.15) is 30.5 Å². The number of nitrogens with one attached hydrogen (secondary N) is 1. The van der Waals surface area contributed by atoms with Gasteiger partial charge >= 0.3 is 0 Å². The molecule has 0 saturated carbocycles. The minimum atomic E-state index is -3.98.